The van der Waals surface area contributed by atoms with Crippen molar-refractivity contribution in [2.45, 2.75) is 25.4 Å². The summed E-state index contributed by atoms with van der Waals surface area (Å²) in [6.45, 7) is 5.47. The molecule has 0 N–H and O–H groups in total. The van der Waals surface area contributed by atoms with Gasteiger partial charge in [0.2, 0.25) is 5.91 Å². The first-order chi connectivity index (χ1) is 21.6. The minimum atomic E-state index is -0.256. The molecule has 0 bridgehead atoms. The summed E-state index contributed by atoms with van der Waals surface area (Å²) in [4.78, 5) is 25.8. The maximum atomic E-state index is 13.9. The van der Waals surface area contributed by atoms with Gasteiger partial charge in [0.1, 0.15) is 11.6 Å². The Hall–Kier alpha value is -4.33. The van der Waals surface area contributed by atoms with Gasteiger partial charge in [0.05, 0.1) is 29.5 Å². The summed E-state index contributed by atoms with van der Waals surface area (Å²) in [6.07, 6.45) is 1.90. The molecule has 0 saturated carbocycles. The monoisotopic (exact) mass is 587 g/mol. The van der Waals surface area contributed by atoms with Gasteiger partial charge in [-0.1, -0.05) is 72.8 Å². The van der Waals surface area contributed by atoms with Crippen molar-refractivity contribution in [3.05, 3.63) is 132 Å². The SMILES string of the molecule is O=C([C@@H]1CCCN(Cc2nc3ccccc3n2-c2ccc(F)cc2)C1)N1CCN(C(c2ccccc2)c2ccccc2)CC1. The first kappa shape index (κ1) is 28.4. The zero-order chi connectivity index (χ0) is 29.9. The Morgan fingerprint density at radius 2 is 1.41 bits per heavy atom. The topological polar surface area (TPSA) is 44.6 Å². The number of fused-ring (bicyclic) bond motifs is 1. The van der Waals surface area contributed by atoms with Gasteiger partial charge in [-0.15, -0.1) is 0 Å². The molecule has 4 aromatic carbocycles. The molecule has 0 spiro atoms. The fraction of sp³-hybridized carbons (Fsp3) is 0.297. The van der Waals surface area contributed by atoms with Gasteiger partial charge in [0.25, 0.3) is 0 Å². The van der Waals surface area contributed by atoms with E-state index in [1.54, 1.807) is 12.1 Å². The number of piperazine rings is 1. The highest BCUT2D eigenvalue weighted by molar-refractivity contribution is 5.79. The number of carbonyl (C=O) groups excluding carboxylic acids is 1. The Morgan fingerprint density at radius 1 is 0.773 bits per heavy atom. The van der Waals surface area contributed by atoms with E-state index < -0.39 is 0 Å². The lowest BCUT2D eigenvalue weighted by atomic mass is 9.95. The number of benzene rings is 4. The average molecular weight is 588 g/mol. The molecule has 3 heterocycles. The Kier molecular flexibility index (Phi) is 8.22. The summed E-state index contributed by atoms with van der Waals surface area (Å²) in [5, 5.41) is 0. The molecule has 2 saturated heterocycles. The van der Waals surface area contributed by atoms with Crippen molar-refractivity contribution in [2.24, 2.45) is 5.92 Å². The van der Waals surface area contributed by atoms with Crippen molar-refractivity contribution in [1.29, 1.82) is 0 Å². The van der Waals surface area contributed by atoms with E-state index in [1.807, 2.05) is 18.2 Å². The molecule has 1 amide bonds. The molecule has 1 aromatic heterocycles. The maximum Gasteiger partial charge on any atom is 0.227 e. The predicted octanol–water partition coefficient (Wildman–Crippen LogP) is 6.31. The van der Waals surface area contributed by atoms with Gasteiger partial charge < -0.3 is 4.90 Å². The van der Waals surface area contributed by atoms with E-state index in [0.717, 1.165) is 74.7 Å². The van der Waals surface area contributed by atoms with Gasteiger partial charge >= 0.3 is 0 Å². The van der Waals surface area contributed by atoms with E-state index in [4.69, 9.17) is 4.98 Å². The van der Waals surface area contributed by atoms with Gasteiger partial charge in [-0.05, 0) is 66.9 Å². The van der Waals surface area contributed by atoms with Crippen LogP contribution < -0.4 is 0 Å². The fourth-order valence-corrected chi connectivity index (χ4v) is 7.00. The van der Waals surface area contributed by atoms with Crippen molar-refractivity contribution in [3.8, 4) is 5.69 Å². The van der Waals surface area contributed by atoms with Crippen LogP contribution in [0.4, 0.5) is 4.39 Å². The summed E-state index contributed by atoms with van der Waals surface area (Å²) in [5.74, 6) is 0.913. The van der Waals surface area contributed by atoms with Crippen LogP contribution in [0.2, 0.25) is 0 Å². The largest absolute Gasteiger partial charge is 0.340 e. The molecule has 2 aliphatic rings. The van der Waals surface area contributed by atoms with E-state index in [0.29, 0.717) is 6.54 Å². The molecule has 7 rings (SSSR count). The molecule has 5 aromatic rings. The number of likely N-dealkylation sites (tertiary alicyclic amines) is 1. The van der Waals surface area contributed by atoms with E-state index >= 15 is 0 Å². The molecular weight excluding hydrogens is 549 g/mol. The van der Waals surface area contributed by atoms with E-state index in [-0.39, 0.29) is 23.7 Å². The van der Waals surface area contributed by atoms with E-state index in [2.05, 4.69) is 86.0 Å². The Morgan fingerprint density at radius 3 is 2.09 bits per heavy atom. The number of aromatic nitrogens is 2. The van der Waals surface area contributed by atoms with Gasteiger partial charge in [0.15, 0.2) is 0 Å². The Bertz CT molecular complexity index is 1660. The number of hydrogen-bond donors (Lipinski definition) is 0. The van der Waals surface area contributed by atoms with Crippen LogP contribution in [0.15, 0.2) is 109 Å². The minimum Gasteiger partial charge on any atom is -0.340 e. The number of nitrogens with zero attached hydrogens (tertiary/aromatic N) is 5. The van der Waals surface area contributed by atoms with Crippen LogP contribution in [-0.4, -0.2) is 69.4 Å². The van der Waals surface area contributed by atoms with Gasteiger partial charge in [-0.3, -0.25) is 19.2 Å². The van der Waals surface area contributed by atoms with Crippen LogP contribution in [0.5, 0.6) is 0 Å². The smallest absolute Gasteiger partial charge is 0.227 e. The minimum absolute atomic E-state index is 0.0157. The number of rotatable bonds is 7. The molecule has 44 heavy (non-hydrogen) atoms. The molecular formula is C37H38FN5O. The number of halogens is 1. The van der Waals surface area contributed by atoms with Crippen LogP contribution in [-0.2, 0) is 11.3 Å². The van der Waals surface area contributed by atoms with Gasteiger partial charge in [0, 0.05) is 38.4 Å². The predicted molar refractivity (Wildman–Crippen MR) is 172 cm³/mol. The van der Waals surface area contributed by atoms with E-state index in [9.17, 15) is 9.18 Å². The lowest BCUT2D eigenvalue weighted by Gasteiger charge is -2.42. The quantitative estimate of drug-likeness (QED) is 0.224. The zero-order valence-electron chi connectivity index (χ0n) is 24.9. The summed E-state index contributed by atoms with van der Waals surface area (Å²) in [6, 6.07) is 36.2. The Balaban J connectivity index is 1.03. The lowest BCUT2D eigenvalue weighted by molar-refractivity contribution is -0.139. The molecule has 7 heteroatoms. The number of carbonyl (C=O) groups is 1. The van der Waals surface area contributed by atoms with E-state index in [1.165, 1.54) is 23.3 Å². The number of para-hydroxylation sites is 2. The first-order valence-electron chi connectivity index (χ1n) is 15.7. The third kappa shape index (κ3) is 5.90. The summed E-state index contributed by atoms with van der Waals surface area (Å²) < 4.78 is 15.9. The number of piperidine rings is 1. The van der Waals surface area contributed by atoms with Crippen LogP contribution in [0.1, 0.15) is 35.8 Å². The summed E-state index contributed by atoms with van der Waals surface area (Å²) in [7, 11) is 0. The molecule has 2 fully saturated rings. The fourth-order valence-electron chi connectivity index (χ4n) is 7.00. The van der Waals surface area contributed by atoms with Crippen LogP contribution in [0.25, 0.3) is 16.7 Å². The lowest BCUT2D eigenvalue weighted by Crippen LogP contribution is -2.53. The second-order valence-corrected chi connectivity index (χ2v) is 12.0. The summed E-state index contributed by atoms with van der Waals surface area (Å²) >= 11 is 0. The second-order valence-electron chi connectivity index (χ2n) is 12.0. The van der Waals surface area contributed by atoms with Crippen molar-refractivity contribution < 1.29 is 9.18 Å². The highest BCUT2D eigenvalue weighted by atomic mass is 19.1. The highest BCUT2D eigenvalue weighted by Gasteiger charge is 2.33. The molecule has 1 atom stereocenters. The zero-order valence-corrected chi connectivity index (χ0v) is 24.9. The van der Waals surface area contributed by atoms with Crippen molar-refractivity contribution in [1.82, 2.24) is 24.3 Å². The molecule has 224 valence electrons. The number of amides is 1. The average Bonchev–Trinajstić information content (AvgIpc) is 3.44. The Labute approximate surface area is 258 Å². The maximum absolute atomic E-state index is 13.9. The molecule has 6 nitrogen and oxygen atoms in total. The molecule has 0 aliphatic carbocycles. The highest BCUT2D eigenvalue weighted by Crippen LogP contribution is 2.31. The molecule has 0 radical (unpaired) electrons. The number of hydrogen-bond acceptors (Lipinski definition) is 4. The third-order valence-electron chi connectivity index (χ3n) is 9.16. The third-order valence-corrected chi connectivity index (χ3v) is 9.16. The van der Waals surface area contributed by atoms with Gasteiger partial charge in [-0.2, -0.15) is 0 Å². The van der Waals surface area contributed by atoms with Crippen molar-refractivity contribution in [3.63, 3.8) is 0 Å². The normalized spacial score (nSPS) is 18.2. The van der Waals surface area contributed by atoms with Crippen LogP contribution >= 0.6 is 0 Å². The first-order valence-corrected chi connectivity index (χ1v) is 15.7. The molecule has 0 unspecified atom stereocenters. The van der Waals surface area contributed by atoms with Crippen molar-refractivity contribution in [2.75, 3.05) is 39.3 Å². The second kappa shape index (κ2) is 12.7. The van der Waals surface area contributed by atoms with Crippen LogP contribution in [0, 0.1) is 11.7 Å². The molecule has 2 aliphatic heterocycles. The number of imidazole rings is 1. The van der Waals surface area contributed by atoms with Crippen LogP contribution in [0.3, 0.4) is 0 Å². The van der Waals surface area contributed by atoms with Gasteiger partial charge in [-0.25, -0.2) is 9.37 Å². The summed E-state index contributed by atoms with van der Waals surface area (Å²) in [5.41, 5.74) is 5.38. The standard InChI is InChI=1S/C37H38FN5O/c38-31-17-19-32(20-18-31)43-34-16-8-7-15-33(34)39-35(43)27-40-21-9-14-30(26-40)37(44)42-24-22-41(23-25-42)36(28-10-3-1-4-11-28)29-12-5-2-6-13-29/h1-8,10-13,15-20,30,36H,9,14,21-27H2/t30-/m1/s1. The van der Waals surface area contributed by atoms with Crippen molar-refractivity contribution >= 4 is 16.9 Å².